The summed E-state index contributed by atoms with van der Waals surface area (Å²) in [6, 6.07) is 9.23. The zero-order valence-electron chi connectivity index (χ0n) is 25.6. The highest BCUT2D eigenvalue weighted by atomic mass is 127. The molecule has 0 amide bonds. The highest BCUT2D eigenvalue weighted by Crippen LogP contribution is 2.20. The van der Waals surface area contributed by atoms with Gasteiger partial charge in [-0.15, -0.1) is 23.5 Å². The molecule has 0 spiro atoms. The summed E-state index contributed by atoms with van der Waals surface area (Å²) in [4.78, 5) is 2.85. The molecule has 0 atom stereocenters. The van der Waals surface area contributed by atoms with E-state index in [1.54, 1.807) is 0 Å². The van der Waals surface area contributed by atoms with E-state index in [9.17, 15) is 0 Å². The SMILES string of the molecule is CCCCCCCC[n+]1ccc(SCCCCCCCCSc2cc[n+](CCCCCCCC)cc2)cc1.[I-].[I-]. The molecule has 2 aromatic heterocycles. The molecule has 0 aliphatic carbocycles. The Morgan fingerprint density at radius 1 is 0.425 bits per heavy atom. The molecule has 2 aromatic rings. The molecule has 0 radical (unpaired) electrons. The summed E-state index contributed by atoms with van der Waals surface area (Å²) >= 11 is 4.05. The molecule has 0 saturated heterocycles. The smallest absolute Gasteiger partial charge is 0.169 e. The van der Waals surface area contributed by atoms with Gasteiger partial charge in [0.05, 0.1) is 0 Å². The average molecular weight is 813 g/mol. The van der Waals surface area contributed by atoms with Crippen LogP contribution in [0, 0.1) is 0 Å². The fourth-order valence-electron chi connectivity index (χ4n) is 4.82. The number of halogens is 2. The quantitative estimate of drug-likeness (QED) is 0.0644. The molecule has 0 bridgehead atoms. The topological polar surface area (TPSA) is 7.76 Å². The van der Waals surface area contributed by atoms with Crippen LogP contribution < -0.4 is 57.1 Å². The van der Waals surface area contributed by atoms with Crippen molar-refractivity contribution in [1.29, 1.82) is 0 Å². The Morgan fingerprint density at radius 2 is 0.725 bits per heavy atom. The van der Waals surface area contributed by atoms with Gasteiger partial charge >= 0.3 is 0 Å². The van der Waals surface area contributed by atoms with Crippen LogP contribution >= 0.6 is 23.5 Å². The lowest BCUT2D eigenvalue weighted by Gasteiger charge is -2.04. The second-order valence-electron chi connectivity index (χ2n) is 10.9. The van der Waals surface area contributed by atoms with Crippen LogP contribution in [0.3, 0.4) is 0 Å². The van der Waals surface area contributed by atoms with E-state index in [0.29, 0.717) is 0 Å². The molecule has 0 aliphatic rings. The molecule has 6 heteroatoms. The summed E-state index contributed by atoms with van der Waals surface area (Å²) in [6.45, 7) is 6.91. The van der Waals surface area contributed by atoms with E-state index in [0.717, 1.165) is 0 Å². The van der Waals surface area contributed by atoms with Crippen LogP contribution in [0.4, 0.5) is 0 Å². The Morgan fingerprint density at radius 3 is 1.07 bits per heavy atom. The van der Waals surface area contributed by atoms with Gasteiger partial charge in [-0.1, -0.05) is 90.9 Å². The predicted molar refractivity (Wildman–Crippen MR) is 169 cm³/mol. The van der Waals surface area contributed by atoms with Gasteiger partial charge in [-0.05, 0) is 37.2 Å². The number of hydrogen-bond donors (Lipinski definition) is 0. The third kappa shape index (κ3) is 22.1. The number of pyridine rings is 2. The van der Waals surface area contributed by atoms with E-state index >= 15 is 0 Å². The molecule has 2 heterocycles. The molecular formula is C34H58I2N2S2. The van der Waals surface area contributed by atoms with Gasteiger partial charge in [0.15, 0.2) is 24.8 Å². The van der Waals surface area contributed by atoms with Gasteiger partial charge in [-0.25, -0.2) is 9.13 Å². The zero-order chi connectivity index (χ0) is 26.9. The van der Waals surface area contributed by atoms with Crippen LogP contribution in [0.25, 0.3) is 0 Å². The number of aromatic nitrogens is 2. The number of unbranched alkanes of at least 4 members (excludes halogenated alkanes) is 15. The third-order valence-electron chi connectivity index (χ3n) is 7.34. The summed E-state index contributed by atoms with van der Waals surface area (Å²) in [5.41, 5.74) is 0. The Labute approximate surface area is 291 Å². The van der Waals surface area contributed by atoms with Crippen LogP contribution in [0.2, 0.25) is 0 Å². The van der Waals surface area contributed by atoms with E-state index in [4.69, 9.17) is 0 Å². The molecule has 0 unspecified atom stereocenters. The van der Waals surface area contributed by atoms with E-state index in [1.807, 2.05) is 23.5 Å². The van der Waals surface area contributed by atoms with Crippen molar-refractivity contribution in [3.63, 3.8) is 0 Å². The second kappa shape index (κ2) is 29.5. The van der Waals surface area contributed by atoms with Gasteiger partial charge < -0.3 is 48.0 Å². The van der Waals surface area contributed by atoms with Crippen molar-refractivity contribution in [1.82, 2.24) is 0 Å². The highest BCUT2D eigenvalue weighted by Gasteiger charge is 2.03. The summed E-state index contributed by atoms with van der Waals surface area (Å²) in [6.07, 6.45) is 33.7. The first-order chi connectivity index (χ1) is 18.8. The fourth-order valence-corrected chi connectivity index (χ4v) is 6.62. The van der Waals surface area contributed by atoms with E-state index in [2.05, 4.69) is 72.0 Å². The predicted octanol–water partition coefficient (Wildman–Crippen LogP) is 4.22. The van der Waals surface area contributed by atoms with Crippen molar-refractivity contribution in [3.8, 4) is 0 Å². The minimum absolute atomic E-state index is 0. The molecule has 0 fully saturated rings. The van der Waals surface area contributed by atoms with Gasteiger partial charge in [-0.2, -0.15) is 0 Å². The first-order valence-corrected chi connectivity index (χ1v) is 18.0. The lowest BCUT2D eigenvalue weighted by Crippen LogP contribution is -3.00. The molecule has 0 saturated carbocycles. The molecule has 2 nitrogen and oxygen atoms in total. The van der Waals surface area contributed by atoms with Crippen LogP contribution in [0.5, 0.6) is 0 Å². The van der Waals surface area contributed by atoms with Crippen molar-refractivity contribution >= 4 is 23.5 Å². The molecule has 40 heavy (non-hydrogen) atoms. The van der Waals surface area contributed by atoms with Crippen molar-refractivity contribution < 1.29 is 57.1 Å². The van der Waals surface area contributed by atoms with Crippen LogP contribution in [0.15, 0.2) is 58.8 Å². The summed E-state index contributed by atoms with van der Waals surface area (Å²) in [5.74, 6) is 2.51. The average Bonchev–Trinajstić information content (AvgIpc) is 2.95. The number of rotatable bonds is 25. The van der Waals surface area contributed by atoms with E-state index in [-0.39, 0.29) is 48.0 Å². The number of thioether (sulfide) groups is 2. The number of nitrogens with zero attached hydrogens (tertiary/aromatic N) is 2. The molecule has 0 aliphatic heterocycles. The monoisotopic (exact) mass is 812 g/mol. The standard InChI is InChI=1S/C34H58N2S2.2HI/c1-3-5-7-9-13-17-25-35-27-21-33(22-28-35)37-31-19-15-11-12-16-20-32-38-34-23-29-36(30-24-34)26-18-14-10-8-6-4-2;;/h21-24,27-30H,3-20,25-26,31-32H2,1-2H3;2*1H/q+2;;/p-2. The summed E-state index contributed by atoms with van der Waals surface area (Å²) < 4.78 is 4.71. The van der Waals surface area contributed by atoms with Crippen molar-refractivity contribution in [3.05, 3.63) is 49.1 Å². The van der Waals surface area contributed by atoms with E-state index < -0.39 is 0 Å². The maximum absolute atomic E-state index is 2.35. The number of aryl methyl sites for hydroxylation is 2. The maximum atomic E-state index is 2.35. The minimum Gasteiger partial charge on any atom is -1.00 e. The van der Waals surface area contributed by atoms with Crippen LogP contribution in [0.1, 0.15) is 129 Å². The van der Waals surface area contributed by atoms with Gasteiger partial charge in [0, 0.05) is 46.9 Å². The molecule has 2 rings (SSSR count). The lowest BCUT2D eigenvalue weighted by atomic mass is 10.1. The van der Waals surface area contributed by atoms with Crippen molar-refractivity contribution in [2.24, 2.45) is 0 Å². The summed E-state index contributed by atoms with van der Waals surface area (Å²) in [7, 11) is 0. The Kier molecular flexibility index (Phi) is 29.9. The maximum Gasteiger partial charge on any atom is 0.169 e. The molecule has 0 N–H and O–H groups in total. The van der Waals surface area contributed by atoms with E-state index in [1.165, 1.54) is 150 Å². The molecular weight excluding hydrogens is 754 g/mol. The van der Waals surface area contributed by atoms with Gasteiger partial charge in [0.2, 0.25) is 0 Å². The second-order valence-corrected chi connectivity index (χ2v) is 13.2. The van der Waals surface area contributed by atoms with Crippen molar-refractivity contribution in [2.75, 3.05) is 11.5 Å². The first-order valence-electron chi connectivity index (χ1n) is 16.1. The molecule has 0 aromatic carbocycles. The normalized spacial score (nSPS) is 10.8. The van der Waals surface area contributed by atoms with Crippen molar-refractivity contribution in [2.45, 2.75) is 152 Å². The Hall–Kier alpha value is 0.460. The zero-order valence-corrected chi connectivity index (χ0v) is 31.6. The summed E-state index contributed by atoms with van der Waals surface area (Å²) in [5, 5.41) is 0. The number of hydrogen-bond acceptors (Lipinski definition) is 2. The van der Waals surface area contributed by atoms with Gasteiger partial charge in [0.1, 0.15) is 13.1 Å². The fraction of sp³-hybridized carbons (Fsp3) is 0.706. The van der Waals surface area contributed by atoms with Gasteiger partial charge in [0.25, 0.3) is 0 Å². The van der Waals surface area contributed by atoms with Crippen LogP contribution in [-0.2, 0) is 13.1 Å². The third-order valence-corrected chi connectivity index (χ3v) is 9.53. The Balaban J connectivity index is 0.00000760. The highest BCUT2D eigenvalue weighted by molar-refractivity contribution is 7.99. The molecule has 230 valence electrons. The van der Waals surface area contributed by atoms with Crippen LogP contribution in [-0.4, -0.2) is 11.5 Å². The Bertz CT molecular complexity index is 720. The first kappa shape index (κ1) is 40.5. The largest absolute Gasteiger partial charge is 1.00 e. The lowest BCUT2D eigenvalue weighted by molar-refractivity contribution is -0.697. The minimum atomic E-state index is 0. The van der Waals surface area contributed by atoms with Gasteiger partial charge in [-0.3, -0.25) is 0 Å².